The number of hydrogen-bond donors (Lipinski definition) is 1. The highest BCUT2D eigenvalue weighted by molar-refractivity contribution is 5.29. The van der Waals surface area contributed by atoms with Crippen LogP contribution >= 0.6 is 0 Å². The number of aromatic nitrogens is 5. The van der Waals surface area contributed by atoms with Crippen LogP contribution in [0.3, 0.4) is 0 Å². The number of hydrogen-bond acceptors (Lipinski definition) is 7. The first-order chi connectivity index (χ1) is 11.6. The van der Waals surface area contributed by atoms with E-state index in [1.165, 1.54) is 0 Å². The van der Waals surface area contributed by atoms with E-state index in [0.717, 1.165) is 25.1 Å². The molecule has 0 saturated carbocycles. The monoisotopic (exact) mass is 328 g/mol. The van der Waals surface area contributed by atoms with Crippen LogP contribution in [0.15, 0.2) is 29.2 Å². The summed E-state index contributed by atoms with van der Waals surface area (Å²) in [4.78, 5) is 15.2. The second-order valence-corrected chi connectivity index (χ2v) is 6.51. The predicted molar refractivity (Wildman–Crippen MR) is 85.2 cm³/mol. The van der Waals surface area contributed by atoms with Crippen LogP contribution < -0.4 is 0 Å². The summed E-state index contributed by atoms with van der Waals surface area (Å²) in [5.41, 5.74) is 0.112. The summed E-state index contributed by atoms with van der Waals surface area (Å²) in [6, 6.07) is 1.88. The van der Waals surface area contributed by atoms with E-state index >= 15 is 0 Å². The number of fused-ring (bicyclic) bond motifs is 1. The topological polar surface area (TPSA) is 92.6 Å². The maximum atomic E-state index is 10.9. The maximum absolute atomic E-state index is 10.9. The minimum Gasteiger partial charge on any atom is -0.388 e. The molecule has 24 heavy (non-hydrogen) atoms. The van der Waals surface area contributed by atoms with Crippen molar-refractivity contribution in [2.24, 2.45) is 0 Å². The van der Waals surface area contributed by atoms with E-state index in [9.17, 15) is 5.11 Å². The van der Waals surface area contributed by atoms with Crippen LogP contribution in [0.2, 0.25) is 0 Å². The van der Waals surface area contributed by atoms with Gasteiger partial charge in [-0.15, -0.1) is 0 Å². The van der Waals surface area contributed by atoms with Gasteiger partial charge in [-0.2, -0.15) is 4.98 Å². The molecule has 1 unspecified atom stereocenters. The Hall–Kier alpha value is -2.32. The Labute approximate surface area is 139 Å². The first kappa shape index (κ1) is 15.2. The molecule has 1 aliphatic heterocycles. The van der Waals surface area contributed by atoms with Gasteiger partial charge < -0.3 is 9.63 Å². The third kappa shape index (κ3) is 3.15. The van der Waals surface area contributed by atoms with Crippen LogP contribution in [0.25, 0.3) is 5.78 Å². The van der Waals surface area contributed by atoms with Crippen LogP contribution in [0.1, 0.15) is 30.3 Å². The zero-order valence-electron chi connectivity index (χ0n) is 13.6. The molecule has 0 spiro atoms. The Kier molecular flexibility index (Phi) is 3.78. The van der Waals surface area contributed by atoms with Gasteiger partial charge in [-0.25, -0.2) is 9.97 Å². The van der Waals surface area contributed by atoms with Crippen molar-refractivity contribution in [1.82, 2.24) is 29.4 Å². The van der Waals surface area contributed by atoms with Crippen LogP contribution in [0.5, 0.6) is 0 Å². The van der Waals surface area contributed by atoms with Gasteiger partial charge in [0.1, 0.15) is 0 Å². The van der Waals surface area contributed by atoms with E-state index in [2.05, 4.69) is 25.0 Å². The minimum atomic E-state index is -0.839. The number of aliphatic hydroxyl groups is 1. The van der Waals surface area contributed by atoms with E-state index in [-0.39, 0.29) is 0 Å². The molecule has 8 nitrogen and oxygen atoms in total. The lowest BCUT2D eigenvalue weighted by atomic mass is 9.89. The molecule has 0 aliphatic carbocycles. The largest absolute Gasteiger partial charge is 0.388 e. The molecule has 1 fully saturated rings. The number of piperidine rings is 1. The van der Waals surface area contributed by atoms with Crippen molar-refractivity contribution < 1.29 is 9.63 Å². The number of nitrogens with zero attached hydrogens (tertiary/aromatic N) is 6. The van der Waals surface area contributed by atoms with Gasteiger partial charge in [-0.1, -0.05) is 5.16 Å². The van der Waals surface area contributed by atoms with E-state index in [1.54, 1.807) is 13.1 Å². The van der Waals surface area contributed by atoms with E-state index in [1.807, 2.05) is 22.9 Å². The standard InChI is InChI=1S/C16H20N6O2/c1-12-18-14(24-20-12)8-16(23)4-2-6-21(11-16)9-13-10-22-7-3-5-17-15(22)19-13/h3,5,7,10,23H,2,4,6,8-9,11H2,1H3. The number of likely N-dealkylation sites (tertiary alicyclic amines) is 1. The lowest BCUT2D eigenvalue weighted by Gasteiger charge is -2.38. The van der Waals surface area contributed by atoms with Gasteiger partial charge >= 0.3 is 0 Å². The fraction of sp³-hybridized carbons (Fsp3) is 0.500. The number of imidazole rings is 1. The quantitative estimate of drug-likeness (QED) is 0.763. The number of β-amino-alcohol motifs (C(OH)–C–C–N with tert-alkyl or cyclic N) is 1. The highest BCUT2D eigenvalue weighted by atomic mass is 16.5. The van der Waals surface area contributed by atoms with E-state index in [4.69, 9.17) is 4.52 Å². The molecule has 0 bridgehead atoms. The summed E-state index contributed by atoms with van der Waals surface area (Å²) in [5, 5.41) is 14.7. The lowest BCUT2D eigenvalue weighted by Crippen LogP contribution is -2.49. The molecule has 0 amide bonds. The molecule has 4 heterocycles. The average molecular weight is 328 g/mol. The van der Waals surface area contributed by atoms with Gasteiger partial charge in [-0.05, 0) is 32.4 Å². The van der Waals surface area contributed by atoms with Crippen molar-refractivity contribution in [2.75, 3.05) is 13.1 Å². The first-order valence-electron chi connectivity index (χ1n) is 8.12. The first-order valence-corrected chi connectivity index (χ1v) is 8.12. The zero-order valence-corrected chi connectivity index (χ0v) is 13.6. The minimum absolute atomic E-state index is 0.386. The fourth-order valence-corrected chi connectivity index (χ4v) is 3.36. The Morgan fingerprint density at radius 3 is 3.08 bits per heavy atom. The summed E-state index contributed by atoms with van der Waals surface area (Å²) in [7, 11) is 0. The SMILES string of the molecule is Cc1noc(CC2(O)CCCN(Cc3cn4cccnc4n3)C2)n1. The average Bonchev–Trinajstić information content (AvgIpc) is 3.12. The van der Waals surface area contributed by atoms with E-state index in [0.29, 0.717) is 37.0 Å². The second kappa shape index (κ2) is 5.95. The smallest absolute Gasteiger partial charge is 0.233 e. The Morgan fingerprint density at radius 2 is 2.29 bits per heavy atom. The molecule has 4 rings (SSSR count). The van der Waals surface area contributed by atoms with Gasteiger partial charge in [0.2, 0.25) is 11.7 Å². The molecule has 8 heteroatoms. The van der Waals surface area contributed by atoms with Gasteiger partial charge in [0.15, 0.2) is 5.82 Å². The molecule has 126 valence electrons. The Morgan fingerprint density at radius 1 is 1.38 bits per heavy atom. The van der Waals surface area contributed by atoms with Crippen molar-refractivity contribution >= 4 is 5.78 Å². The summed E-state index contributed by atoms with van der Waals surface area (Å²) in [5.74, 6) is 1.79. The molecule has 3 aromatic rings. The van der Waals surface area contributed by atoms with Crippen LogP contribution in [0, 0.1) is 6.92 Å². The normalized spacial score (nSPS) is 22.2. The van der Waals surface area contributed by atoms with Crippen molar-refractivity contribution in [1.29, 1.82) is 0 Å². The second-order valence-electron chi connectivity index (χ2n) is 6.51. The molecular formula is C16H20N6O2. The summed E-state index contributed by atoms with van der Waals surface area (Å²) in [6.07, 6.45) is 7.70. The highest BCUT2D eigenvalue weighted by Gasteiger charge is 2.35. The molecular weight excluding hydrogens is 308 g/mol. The highest BCUT2D eigenvalue weighted by Crippen LogP contribution is 2.25. The number of rotatable bonds is 4. The summed E-state index contributed by atoms with van der Waals surface area (Å²) >= 11 is 0. The van der Waals surface area contributed by atoms with Crippen LogP contribution in [-0.2, 0) is 13.0 Å². The Balaban J connectivity index is 1.45. The number of aryl methyl sites for hydroxylation is 1. The molecule has 1 N–H and O–H groups in total. The van der Waals surface area contributed by atoms with Crippen molar-refractivity contribution in [3.63, 3.8) is 0 Å². The van der Waals surface area contributed by atoms with Gasteiger partial charge in [0.05, 0.1) is 17.7 Å². The molecule has 0 aromatic carbocycles. The van der Waals surface area contributed by atoms with Gasteiger partial charge in [-0.3, -0.25) is 9.30 Å². The van der Waals surface area contributed by atoms with Crippen molar-refractivity contribution in [2.45, 2.75) is 38.3 Å². The predicted octanol–water partition coefficient (Wildman–Crippen LogP) is 0.990. The van der Waals surface area contributed by atoms with E-state index < -0.39 is 5.60 Å². The van der Waals surface area contributed by atoms with Gasteiger partial charge in [0.25, 0.3) is 0 Å². The van der Waals surface area contributed by atoms with Crippen LogP contribution in [0.4, 0.5) is 0 Å². The lowest BCUT2D eigenvalue weighted by molar-refractivity contribution is -0.0376. The van der Waals surface area contributed by atoms with Crippen molar-refractivity contribution in [3.8, 4) is 0 Å². The molecule has 1 saturated heterocycles. The van der Waals surface area contributed by atoms with Crippen LogP contribution in [-0.4, -0.2) is 53.2 Å². The maximum Gasteiger partial charge on any atom is 0.233 e. The molecule has 1 aliphatic rings. The summed E-state index contributed by atoms with van der Waals surface area (Å²) in [6.45, 7) is 3.97. The molecule has 0 radical (unpaired) electrons. The molecule has 3 aromatic heterocycles. The Bertz CT molecular complexity index is 811. The fourth-order valence-electron chi connectivity index (χ4n) is 3.36. The summed E-state index contributed by atoms with van der Waals surface area (Å²) < 4.78 is 7.07. The molecule has 1 atom stereocenters. The zero-order chi connectivity index (χ0) is 16.6. The van der Waals surface area contributed by atoms with Gasteiger partial charge in [0, 0.05) is 31.7 Å². The third-order valence-electron chi connectivity index (χ3n) is 4.36. The van der Waals surface area contributed by atoms with Crippen molar-refractivity contribution in [3.05, 3.63) is 42.1 Å². The third-order valence-corrected chi connectivity index (χ3v) is 4.36.